The number of ketones is 1. The van der Waals surface area contributed by atoms with Crippen LogP contribution < -0.4 is 9.47 Å². The molecule has 1 amide bonds. The number of amides is 1. The molecule has 1 heterocycles. The molecule has 1 N–H and O–H groups in total. The molecule has 2 aromatic carbocycles. The van der Waals surface area contributed by atoms with Crippen LogP contribution in [0.2, 0.25) is 5.02 Å². The number of ether oxygens (including phenoxy) is 2. The predicted octanol–water partition coefficient (Wildman–Crippen LogP) is 5.50. The van der Waals surface area contributed by atoms with Gasteiger partial charge in [0.1, 0.15) is 17.3 Å². The summed E-state index contributed by atoms with van der Waals surface area (Å²) in [5.74, 6) is -0.354. The van der Waals surface area contributed by atoms with E-state index in [0.29, 0.717) is 24.7 Å². The van der Waals surface area contributed by atoms with Gasteiger partial charge in [-0.15, -0.1) is 0 Å². The number of hydrogen-bond acceptors (Lipinski definition) is 5. The summed E-state index contributed by atoms with van der Waals surface area (Å²) in [6, 6.07) is 11.5. The van der Waals surface area contributed by atoms with E-state index in [-0.39, 0.29) is 28.0 Å². The van der Waals surface area contributed by atoms with Gasteiger partial charge in [0.15, 0.2) is 0 Å². The number of benzene rings is 2. The van der Waals surface area contributed by atoms with Crippen molar-refractivity contribution in [2.75, 3.05) is 13.2 Å². The van der Waals surface area contributed by atoms with Gasteiger partial charge in [-0.1, -0.05) is 36.6 Å². The van der Waals surface area contributed by atoms with Crippen LogP contribution in [0, 0.1) is 0 Å². The van der Waals surface area contributed by atoms with E-state index in [2.05, 4.69) is 0 Å². The molecule has 0 spiro atoms. The number of nitrogens with zero attached hydrogens (tertiary/aromatic N) is 1. The van der Waals surface area contributed by atoms with Crippen molar-refractivity contribution in [2.45, 2.75) is 51.6 Å². The maximum atomic E-state index is 13.3. The number of carbonyl (C=O) groups is 2. The first-order valence-corrected chi connectivity index (χ1v) is 11.8. The minimum atomic E-state index is -0.699. The first-order valence-electron chi connectivity index (χ1n) is 11.4. The minimum absolute atomic E-state index is 0.0476. The van der Waals surface area contributed by atoms with Gasteiger partial charge in [-0.3, -0.25) is 9.59 Å². The highest BCUT2D eigenvalue weighted by molar-refractivity contribution is 6.47. The van der Waals surface area contributed by atoms with E-state index in [1.165, 1.54) is 0 Å². The summed E-state index contributed by atoms with van der Waals surface area (Å²) in [7, 11) is 0. The van der Waals surface area contributed by atoms with Gasteiger partial charge in [-0.2, -0.15) is 0 Å². The minimum Gasteiger partial charge on any atom is -0.507 e. The molecule has 1 atom stereocenters. The molecule has 1 saturated carbocycles. The Kier molecular flexibility index (Phi) is 6.94. The van der Waals surface area contributed by atoms with Gasteiger partial charge in [-0.05, 0) is 62.6 Å². The molecule has 1 unspecified atom stereocenters. The van der Waals surface area contributed by atoms with Gasteiger partial charge in [0.05, 0.1) is 29.9 Å². The van der Waals surface area contributed by atoms with Crippen molar-refractivity contribution >= 4 is 29.1 Å². The lowest BCUT2D eigenvalue weighted by molar-refractivity contribution is -0.141. The monoisotopic (exact) mass is 469 g/mol. The van der Waals surface area contributed by atoms with Gasteiger partial charge < -0.3 is 19.5 Å². The third-order valence-electron chi connectivity index (χ3n) is 6.21. The van der Waals surface area contributed by atoms with Gasteiger partial charge in [0.2, 0.25) is 0 Å². The maximum Gasteiger partial charge on any atom is 0.295 e. The lowest BCUT2D eigenvalue weighted by Gasteiger charge is -2.31. The fourth-order valence-corrected chi connectivity index (χ4v) is 4.94. The van der Waals surface area contributed by atoms with Crippen molar-refractivity contribution in [3.05, 3.63) is 64.2 Å². The number of rotatable bonds is 7. The van der Waals surface area contributed by atoms with Crippen LogP contribution in [0.4, 0.5) is 0 Å². The fraction of sp³-hybridized carbons (Fsp3) is 0.385. The standard InChI is InChI=1S/C26H28ClNO5/c1-3-32-18-11-9-16(10-12-18)23-22(25(30)26(31)28(23)17-7-5-6-8-17)24(29)20-15-19(33-4-2)13-14-21(20)27/h9-15,17,23,29H,3-8H2,1-2H3/b24-22+. The van der Waals surface area contributed by atoms with Gasteiger partial charge in [0.25, 0.3) is 11.7 Å². The molecule has 33 heavy (non-hydrogen) atoms. The summed E-state index contributed by atoms with van der Waals surface area (Å²) in [5.41, 5.74) is 1.05. The van der Waals surface area contributed by atoms with E-state index < -0.39 is 17.7 Å². The Bertz CT molecular complexity index is 1070. The van der Waals surface area contributed by atoms with Crippen LogP contribution in [-0.4, -0.2) is 41.0 Å². The molecule has 1 saturated heterocycles. The lowest BCUT2D eigenvalue weighted by atomic mass is 9.94. The van der Waals surface area contributed by atoms with Gasteiger partial charge in [-0.25, -0.2) is 0 Å². The Morgan fingerprint density at radius 3 is 2.24 bits per heavy atom. The zero-order valence-electron chi connectivity index (χ0n) is 18.8. The summed E-state index contributed by atoms with van der Waals surface area (Å²) in [5, 5.41) is 11.6. The number of carbonyl (C=O) groups excluding carboxylic acids is 2. The molecule has 2 aliphatic rings. The largest absolute Gasteiger partial charge is 0.507 e. The average Bonchev–Trinajstić information content (AvgIpc) is 3.42. The van der Waals surface area contributed by atoms with E-state index in [9.17, 15) is 14.7 Å². The molecule has 0 radical (unpaired) electrons. The molecular formula is C26H28ClNO5. The van der Waals surface area contributed by atoms with Crippen LogP contribution in [-0.2, 0) is 9.59 Å². The van der Waals surface area contributed by atoms with Crippen molar-refractivity contribution in [2.24, 2.45) is 0 Å². The number of halogens is 1. The molecule has 6 nitrogen and oxygen atoms in total. The molecule has 1 aliphatic heterocycles. The van der Waals surface area contributed by atoms with Crippen molar-refractivity contribution < 1.29 is 24.2 Å². The normalized spacial score (nSPS) is 20.5. The Morgan fingerprint density at radius 2 is 1.61 bits per heavy atom. The Morgan fingerprint density at radius 1 is 1.00 bits per heavy atom. The molecule has 2 fully saturated rings. The molecule has 1 aliphatic carbocycles. The Hall–Kier alpha value is -2.99. The zero-order valence-corrected chi connectivity index (χ0v) is 19.6. The number of hydrogen-bond donors (Lipinski definition) is 1. The number of Topliss-reactive ketones (excluding diaryl/α,β-unsaturated/α-hetero) is 1. The quantitative estimate of drug-likeness (QED) is 0.329. The summed E-state index contributed by atoms with van der Waals surface area (Å²) >= 11 is 6.39. The highest BCUT2D eigenvalue weighted by Gasteiger charge is 2.49. The summed E-state index contributed by atoms with van der Waals surface area (Å²) in [6.07, 6.45) is 3.68. The van der Waals surface area contributed by atoms with Crippen LogP contribution in [0.5, 0.6) is 11.5 Å². The molecule has 4 rings (SSSR count). The van der Waals surface area contributed by atoms with Crippen molar-refractivity contribution in [1.82, 2.24) is 4.90 Å². The highest BCUT2D eigenvalue weighted by Crippen LogP contribution is 2.44. The van der Waals surface area contributed by atoms with Crippen LogP contribution >= 0.6 is 11.6 Å². The Balaban J connectivity index is 1.86. The smallest absolute Gasteiger partial charge is 0.295 e. The van der Waals surface area contributed by atoms with Crippen LogP contribution in [0.25, 0.3) is 5.76 Å². The summed E-state index contributed by atoms with van der Waals surface area (Å²) in [6.45, 7) is 4.74. The maximum absolute atomic E-state index is 13.3. The van der Waals surface area contributed by atoms with E-state index in [1.54, 1.807) is 23.1 Å². The number of aliphatic hydroxyl groups is 1. The predicted molar refractivity (Wildman–Crippen MR) is 127 cm³/mol. The molecule has 0 bridgehead atoms. The Labute approximate surface area is 198 Å². The van der Waals surface area contributed by atoms with E-state index in [0.717, 1.165) is 31.2 Å². The number of likely N-dealkylation sites (tertiary alicyclic amines) is 1. The lowest BCUT2D eigenvalue weighted by Crippen LogP contribution is -2.37. The SMILES string of the molecule is CCOc1ccc(C2/C(=C(\O)c3cc(OCC)ccc3Cl)C(=O)C(=O)N2C2CCCC2)cc1. The van der Waals surface area contributed by atoms with Crippen molar-refractivity contribution in [1.29, 1.82) is 0 Å². The van der Waals surface area contributed by atoms with Gasteiger partial charge in [0, 0.05) is 11.6 Å². The molecule has 2 aromatic rings. The second-order valence-corrected chi connectivity index (χ2v) is 8.63. The van der Waals surface area contributed by atoms with Crippen LogP contribution in [0.15, 0.2) is 48.0 Å². The third kappa shape index (κ3) is 4.44. The zero-order chi connectivity index (χ0) is 23.5. The second kappa shape index (κ2) is 9.87. The summed E-state index contributed by atoms with van der Waals surface area (Å²) < 4.78 is 11.1. The summed E-state index contributed by atoms with van der Waals surface area (Å²) in [4.78, 5) is 28.1. The van der Waals surface area contributed by atoms with Gasteiger partial charge >= 0.3 is 0 Å². The fourth-order valence-electron chi connectivity index (χ4n) is 4.74. The topological polar surface area (TPSA) is 76.1 Å². The molecular weight excluding hydrogens is 442 g/mol. The van der Waals surface area contributed by atoms with E-state index in [4.69, 9.17) is 21.1 Å². The first kappa shape index (κ1) is 23.2. The molecule has 174 valence electrons. The van der Waals surface area contributed by atoms with Crippen molar-refractivity contribution in [3.8, 4) is 11.5 Å². The van der Waals surface area contributed by atoms with Crippen molar-refractivity contribution in [3.63, 3.8) is 0 Å². The first-order chi connectivity index (χ1) is 16.0. The average molecular weight is 470 g/mol. The van der Waals surface area contributed by atoms with Crippen LogP contribution in [0.3, 0.4) is 0 Å². The highest BCUT2D eigenvalue weighted by atomic mass is 35.5. The molecule has 0 aromatic heterocycles. The number of aliphatic hydroxyl groups excluding tert-OH is 1. The molecule has 7 heteroatoms. The van der Waals surface area contributed by atoms with Crippen LogP contribution in [0.1, 0.15) is 56.7 Å². The van der Waals surface area contributed by atoms with E-state index in [1.807, 2.05) is 38.1 Å². The third-order valence-corrected chi connectivity index (χ3v) is 6.54. The second-order valence-electron chi connectivity index (χ2n) is 8.22. The van der Waals surface area contributed by atoms with E-state index >= 15 is 0 Å².